The molecule has 1 aromatic carbocycles. The fourth-order valence-corrected chi connectivity index (χ4v) is 3.82. The topological polar surface area (TPSA) is 91.8 Å². The van der Waals surface area contributed by atoms with Crippen molar-refractivity contribution in [1.29, 1.82) is 0 Å². The molecule has 0 saturated carbocycles. The molecule has 1 aliphatic heterocycles. The number of ether oxygens (including phenoxy) is 1. The van der Waals surface area contributed by atoms with Crippen LogP contribution in [0.15, 0.2) is 53.6 Å². The molecule has 0 spiro atoms. The third-order valence-corrected chi connectivity index (χ3v) is 5.58. The predicted octanol–water partition coefficient (Wildman–Crippen LogP) is 2.16. The minimum Gasteiger partial charge on any atom is -0.450 e. The number of aromatic nitrogens is 1. The highest BCUT2D eigenvalue weighted by Crippen LogP contribution is 2.19. The molecule has 0 unspecified atom stereocenters. The van der Waals surface area contributed by atoms with Gasteiger partial charge in [-0.2, -0.15) is 0 Å². The van der Waals surface area contributed by atoms with Crippen molar-refractivity contribution in [3.63, 3.8) is 0 Å². The SMILES string of the molecule is CCOC(=O)N1CCN(c2ccc(NS(=O)(=O)c3ccccc3)nc2)CC1. The lowest BCUT2D eigenvalue weighted by Crippen LogP contribution is -2.49. The molecule has 1 amide bonds. The van der Waals surface area contributed by atoms with Gasteiger partial charge in [0.05, 0.1) is 23.4 Å². The summed E-state index contributed by atoms with van der Waals surface area (Å²) in [6, 6.07) is 11.6. The van der Waals surface area contributed by atoms with Gasteiger partial charge in [0.15, 0.2) is 0 Å². The molecule has 0 aliphatic carbocycles. The molecular weight excluding hydrogens is 368 g/mol. The summed E-state index contributed by atoms with van der Waals surface area (Å²) in [5, 5.41) is 0. The first-order valence-corrected chi connectivity index (χ1v) is 10.2. The van der Waals surface area contributed by atoms with Crippen LogP contribution >= 0.6 is 0 Å². The van der Waals surface area contributed by atoms with Gasteiger partial charge < -0.3 is 14.5 Å². The Morgan fingerprint density at radius 2 is 1.81 bits per heavy atom. The molecule has 1 aliphatic rings. The summed E-state index contributed by atoms with van der Waals surface area (Å²) in [7, 11) is -3.66. The first-order chi connectivity index (χ1) is 13.0. The van der Waals surface area contributed by atoms with E-state index in [0.29, 0.717) is 32.8 Å². The number of amides is 1. The lowest BCUT2D eigenvalue weighted by molar-refractivity contribution is 0.105. The van der Waals surface area contributed by atoms with Gasteiger partial charge in [-0.15, -0.1) is 0 Å². The van der Waals surface area contributed by atoms with E-state index in [9.17, 15) is 13.2 Å². The van der Waals surface area contributed by atoms with Crippen LogP contribution < -0.4 is 9.62 Å². The number of hydrogen-bond donors (Lipinski definition) is 1. The summed E-state index contributed by atoms with van der Waals surface area (Å²) in [5.74, 6) is 0.257. The summed E-state index contributed by atoms with van der Waals surface area (Å²) in [5.41, 5.74) is 0.876. The molecule has 3 rings (SSSR count). The lowest BCUT2D eigenvalue weighted by atomic mass is 10.3. The van der Waals surface area contributed by atoms with Crippen molar-refractivity contribution in [2.45, 2.75) is 11.8 Å². The first-order valence-electron chi connectivity index (χ1n) is 8.70. The fourth-order valence-electron chi connectivity index (χ4n) is 2.79. The van der Waals surface area contributed by atoms with E-state index in [1.54, 1.807) is 42.3 Å². The molecule has 1 saturated heterocycles. The molecule has 1 aromatic heterocycles. The van der Waals surface area contributed by atoms with Crippen LogP contribution in [-0.4, -0.2) is 57.2 Å². The molecule has 144 valence electrons. The van der Waals surface area contributed by atoms with Crippen LogP contribution in [0.2, 0.25) is 0 Å². The highest BCUT2D eigenvalue weighted by molar-refractivity contribution is 7.92. The molecule has 9 heteroatoms. The van der Waals surface area contributed by atoms with Gasteiger partial charge in [-0.25, -0.2) is 18.2 Å². The number of anilines is 2. The molecule has 2 heterocycles. The predicted molar refractivity (Wildman–Crippen MR) is 102 cm³/mol. The Hall–Kier alpha value is -2.81. The molecule has 0 bridgehead atoms. The molecule has 8 nitrogen and oxygen atoms in total. The zero-order valence-corrected chi connectivity index (χ0v) is 15.9. The third-order valence-electron chi connectivity index (χ3n) is 4.21. The Morgan fingerprint density at radius 3 is 2.41 bits per heavy atom. The van der Waals surface area contributed by atoms with Crippen molar-refractivity contribution in [3.05, 3.63) is 48.7 Å². The summed E-state index contributed by atoms with van der Waals surface area (Å²) < 4.78 is 32.1. The van der Waals surface area contributed by atoms with E-state index in [-0.39, 0.29) is 16.8 Å². The van der Waals surface area contributed by atoms with Crippen molar-refractivity contribution in [1.82, 2.24) is 9.88 Å². The van der Waals surface area contributed by atoms with E-state index in [4.69, 9.17) is 4.74 Å². The Bertz CT molecular complexity index is 864. The van der Waals surface area contributed by atoms with Gasteiger partial charge in [0.25, 0.3) is 10.0 Å². The number of rotatable bonds is 5. The summed E-state index contributed by atoms with van der Waals surface area (Å²) in [6.07, 6.45) is 1.34. The number of piperazine rings is 1. The van der Waals surface area contributed by atoms with Gasteiger partial charge in [0, 0.05) is 26.2 Å². The van der Waals surface area contributed by atoms with Gasteiger partial charge in [0.1, 0.15) is 5.82 Å². The molecular formula is C18H22N4O4S. The van der Waals surface area contributed by atoms with E-state index in [1.807, 2.05) is 6.07 Å². The van der Waals surface area contributed by atoms with Crippen molar-refractivity contribution in [2.24, 2.45) is 0 Å². The number of benzene rings is 1. The maximum atomic E-state index is 12.3. The van der Waals surface area contributed by atoms with E-state index < -0.39 is 10.0 Å². The van der Waals surface area contributed by atoms with Gasteiger partial charge in [-0.1, -0.05) is 18.2 Å². The average molecular weight is 390 g/mol. The lowest BCUT2D eigenvalue weighted by Gasteiger charge is -2.35. The average Bonchev–Trinajstić information content (AvgIpc) is 2.69. The summed E-state index contributed by atoms with van der Waals surface area (Å²) >= 11 is 0. The highest BCUT2D eigenvalue weighted by Gasteiger charge is 2.22. The molecule has 1 N–H and O–H groups in total. The molecule has 0 radical (unpaired) electrons. The van der Waals surface area contributed by atoms with Crippen LogP contribution in [0, 0.1) is 0 Å². The number of nitrogens with one attached hydrogen (secondary N) is 1. The minimum atomic E-state index is -3.66. The third kappa shape index (κ3) is 4.68. The van der Waals surface area contributed by atoms with Crippen molar-refractivity contribution in [3.8, 4) is 0 Å². The Morgan fingerprint density at radius 1 is 1.11 bits per heavy atom. The van der Waals surface area contributed by atoms with E-state index in [2.05, 4.69) is 14.6 Å². The smallest absolute Gasteiger partial charge is 0.409 e. The van der Waals surface area contributed by atoms with Gasteiger partial charge in [-0.3, -0.25) is 4.72 Å². The zero-order valence-electron chi connectivity index (χ0n) is 15.0. The van der Waals surface area contributed by atoms with Crippen LogP contribution in [0.25, 0.3) is 0 Å². The molecule has 27 heavy (non-hydrogen) atoms. The number of sulfonamides is 1. The van der Waals surface area contributed by atoms with Crippen LogP contribution in [0.3, 0.4) is 0 Å². The monoisotopic (exact) mass is 390 g/mol. The fraction of sp³-hybridized carbons (Fsp3) is 0.333. The van der Waals surface area contributed by atoms with Crippen LogP contribution in [0.4, 0.5) is 16.3 Å². The largest absolute Gasteiger partial charge is 0.450 e. The molecule has 0 atom stereocenters. The number of carbonyl (C=O) groups excluding carboxylic acids is 1. The minimum absolute atomic E-state index is 0.186. The number of carbonyl (C=O) groups is 1. The van der Waals surface area contributed by atoms with E-state index in [1.165, 1.54) is 12.1 Å². The standard InChI is InChI=1S/C18H22N4O4S/c1-2-26-18(23)22-12-10-21(11-13-22)15-8-9-17(19-14-15)20-27(24,25)16-6-4-3-5-7-16/h3-9,14H,2,10-13H2,1H3,(H,19,20). The molecule has 2 aromatic rings. The van der Waals surface area contributed by atoms with Crippen LogP contribution in [0.5, 0.6) is 0 Å². The zero-order chi connectivity index (χ0) is 19.3. The van der Waals surface area contributed by atoms with Gasteiger partial charge in [-0.05, 0) is 31.2 Å². The Labute approximate surface area is 158 Å². The normalized spacial score (nSPS) is 14.7. The Balaban J connectivity index is 1.61. The second-order valence-electron chi connectivity index (χ2n) is 5.99. The number of pyridine rings is 1. The van der Waals surface area contributed by atoms with E-state index in [0.717, 1.165) is 5.69 Å². The summed E-state index contributed by atoms with van der Waals surface area (Å²) in [6.45, 7) is 4.62. The van der Waals surface area contributed by atoms with Crippen LogP contribution in [-0.2, 0) is 14.8 Å². The van der Waals surface area contributed by atoms with Gasteiger partial charge in [0.2, 0.25) is 0 Å². The van der Waals surface area contributed by atoms with Crippen molar-refractivity contribution < 1.29 is 17.9 Å². The first kappa shape index (κ1) is 19.0. The van der Waals surface area contributed by atoms with Crippen molar-refractivity contribution in [2.75, 3.05) is 42.4 Å². The number of nitrogens with zero attached hydrogens (tertiary/aromatic N) is 3. The van der Waals surface area contributed by atoms with Gasteiger partial charge >= 0.3 is 6.09 Å². The second-order valence-corrected chi connectivity index (χ2v) is 7.68. The van der Waals surface area contributed by atoms with Crippen LogP contribution in [0.1, 0.15) is 6.92 Å². The maximum Gasteiger partial charge on any atom is 0.409 e. The van der Waals surface area contributed by atoms with Crippen molar-refractivity contribution >= 4 is 27.6 Å². The molecule has 1 fully saturated rings. The number of hydrogen-bond acceptors (Lipinski definition) is 6. The van der Waals surface area contributed by atoms with E-state index >= 15 is 0 Å². The highest BCUT2D eigenvalue weighted by atomic mass is 32.2. The summed E-state index contributed by atoms with van der Waals surface area (Å²) in [4.78, 5) is 19.9. The maximum absolute atomic E-state index is 12.3. The Kier molecular flexibility index (Phi) is 5.80. The second kappa shape index (κ2) is 8.26. The quantitative estimate of drug-likeness (QED) is 0.841.